The summed E-state index contributed by atoms with van der Waals surface area (Å²) >= 11 is 5.96. The molecule has 1 aliphatic heterocycles. The minimum Gasteiger partial charge on any atom is -0.368 e. The molecule has 0 radical (unpaired) electrons. The van der Waals surface area contributed by atoms with Gasteiger partial charge in [-0.05, 0) is 23.8 Å². The van der Waals surface area contributed by atoms with Gasteiger partial charge >= 0.3 is 0 Å². The van der Waals surface area contributed by atoms with E-state index in [4.69, 9.17) is 22.6 Å². The van der Waals surface area contributed by atoms with Gasteiger partial charge in [-0.15, -0.1) is 0 Å². The van der Waals surface area contributed by atoms with Crippen LogP contribution in [0.2, 0.25) is 5.02 Å². The molecule has 2 amide bonds. The van der Waals surface area contributed by atoms with Crippen molar-refractivity contribution >= 4 is 29.1 Å². The zero-order valence-electron chi connectivity index (χ0n) is 15.8. The number of carbonyl (C=O) groups is 2. The minimum absolute atomic E-state index is 0.192. The third-order valence-electron chi connectivity index (χ3n) is 4.90. The number of anilines is 1. The lowest BCUT2D eigenvalue weighted by Gasteiger charge is -2.38. The average molecular weight is 412 g/mol. The topological polar surface area (TPSA) is 102 Å². The van der Waals surface area contributed by atoms with E-state index in [1.165, 1.54) is 0 Å². The van der Waals surface area contributed by atoms with E-state index in [9.17, 15) is 9.59 Å². The summed E-state index contributed by atoms with van der Waals surface area (Å²) in [5.74, 6) is -0.598. The Kier molecular flexibility index (Phi) is 6.83. The van der Waals surface area contributed by atoms with E-state index in [1.807, 2.05) is 46.2 Å². The Hall–Kier alpha value is -2.92. The molecule has 1 heterocycles. The third-order valence-corrected chi connectivity index (χ3v) is 5.14. The summed E-state index contributed by atoms with van der Waals surface area (Å²) in [7, 11) is 0. The van der Waals surface area contributed by atoms with Crippen LogP contribution in [0.1, 0.15) is 17.2 Å². The molecule has 150 valence electrons. The van der Waals surface area contributed by atoms with Gasteiger partial charge in [0.05, 0.1) is 17.8 Å². The van der Waals surface area contributed by atoms with Crippen LogP contribution in [0, 0.1) is 11.3 Å². The van der Waals surface area contributed by atoms with Crippen molar-refractivity contribution < 1.29 is 9.59 Å². The predicted octanol–water partition coefficient (Wildman–Crippen LogP) is 1.99. The number of rotatable bonds is 6. The Morgan fingerprint density at radius 1 is 1.14 bits per heavy atom. The van der Waals surface area contributed by atoms with Gasteiger partial charge in [0.15, 0.2) is 0 Å². The Morgan fingerprint density at radius 2 is 1.83 bits per heavy atom. The van der Waals surface area contributed by atoms with Crippen LogP contribution in [-0.2, 0) is 9.59 Å². The number of nitrogens with zero attached hydrogens (tertiary/aromatic N) is 3. The van der Waals surface area contributed by atoms with Crippen molar-refractivity contribution in [3.05, 3.63) is 64.7 Å². The summed E-state index contributed by atoms with van der Waals surface area (Å²) in [5, 5.41) is 12.4. The molecule has 1 atom stereocenters. The molecule has 3 rings (SSSR count). The van der Waals surface area contributed by atoms with Crippen LogP contribution in [0.25, 0.3) is 0 Å². The molecule has 2 aromatic rings. The van der Waals surface area contributed by atoms with Crippen molar-refractivity contribution in [3.8, 4) is 6.07 Å². The molecule has 7 nitrogen and oxygen atoms in total. The monoisotopic (exact) mass is 411 g/mol. The van der Waals surface area contributed by atoms with Gasteiger partial charge in [-0.2, -0.15) is 5.26 Å². The smallest absolute Gasteiger partial charge is 0.239 e. The van der Waals surface area contributed by atoms with Gasteiger partial charge in [-0.3, -0.25) is 19.4 Å². The highest BCUT2D eigenvalue weighted by atomic mass is 35.5. The van der Waals surface area contributed by atoms with Gasteiger partial charge < -0.3 is 11.1 Å². The second-order valence-corrected chi connectivity index (χ2v) is 7.31. The van der Waals surface area contributed by atoms with E-state index >= 15 is 0 Å². The second kappa shape index (κ2) is 9.52. The highest BCUT2D eigenvalue weighted by Gasteiger charge is 2.29. The van der Waals surface area contributed by atoms with Gasteiger partial charge in [0.25, 0.3) is 0 Å². The first-order chi connectivity index (χ1) is 14.0. The molecule has 0 spiro atoms. The molecule has 0 bridgehead atoms. The summed E-state index contributed by atoms with van der Waals surface area (Å²) in [6.07, 6.45) is 0. The van der Waals surface area contributed by atoms with Crippen molar-refractivity contribution in [1.82, 2.24) is 9.80 Å². The normalized spacial score (nSPS) is 16.0. The lowest BCUT2D eigenvalue weighted by atomic mass is 10.0. The van der Waals surface area contributed by atoms with Crippen LogP contribution in [0.5, 0.6) is 0 Å². The molecule has 1 aliphatic rings. The molecular weight excluding hydrogens is 390 g/mol. The Balaban J connectivity index is 1.57. The first kappa shape index (κ1) is 20.8. The molecule has 1 fully saturated rings. The average Bonchev–Trinajstić information content (AvgIpc) is 2.70. The van der Waals surface area contributed by atoms with E-state index in [0.717, 1.165) is 5.56 Å². The number of amides is 2. The van der Waals surface area contributed by atoms with Crippen LogP contribution in [-0.4, -0.2) is 54.3 Å². The molecular formula is C21H22ClN5O2. The fourth-order valence-corrected chi connectivity index (χ4v) is 3.65. The highest BCUT2D eigenvalue weighted by molar-refractivity contribution is 6.31. The maximum atomic E-state index is 12.4. The second-order valence-electron chi connectivity index (χ2n) is 6.88. The third kappa shape index (κ3) is 5.33. The van der Waals surface area contributed by atoms with Gasteiger partial charge in [0.1, 0.15) is 12.1 Å². The standard InChI is InChI=1S/C21H22ClN5O2/c22-17-7-6-16(13-23)18(12-17)25-19(28)14-26-8-10-27(11-9-26)20(21(24)29)15-4-2-1-3-5-15/h1-7,12,20H,8-11,14H2,(H2,24,29)(H,25,28). The number of nitriles is 1. The quantitative estimate of drug-likeness (QED) is 0.756. The van der Waals surface area contributed by atoms with Gasteiger partial charge in [0.2, 0.25) is 11.8 Å². The predicted molar refractivity (Wildman–Crippen MR) is 111 cm³/mol. The maximum absolute atomic E-state index is 12.4. The highest BCUT2D eigenvalue weighted by Crippen LogP contribution is 2.22. The number of carbonyl (C=O) groups excluding carboxylic acids is 2. The SMILES string of the molecule is N#Cc1ccc(Cl)cc1NC(=O)CN1CCN(C(C(N)=O)c2ccccc2)CC1. The summed E-state index contributed by atoms with van der Waals surface area (Å²) in [6.45, 7) is 2.69. The van der Waals surface area contributed by atoms with E-state index in [2.05, 4.69) is 5.32 Å². The fourth-order valence-electron chi connectivity index (χ4n) is 3.48. The Bertz CT molecular complexity index is 920. The zero-order valence-corrected chi connectivity index (χ0v) is 16.6. The summed E-state index contributed by atoms with van der Waals surface area (Å²) in [4.78, 5) is 28.5. The molecule has 0 aliphatic carbocycles. The Morgan fingerprint density at radius 3 is 2.45 bits per heavy atom. The van der Waals surface area contributed by atoms with Crippen LogP contribution < -0.4 is 11.1 Å². The van der Waals surface area contributed by atoms with Crippen molar-refractivity contribution in [3.63, 3.8) is 0 Å². The van der Waals surface area contributed by atoms with Crippen LogP contribution in [0.3, 0.4) is 0 Å². The lowest BCUT2D eigenvalue weighted by molar-refractivity contribution is -0.125. The largest absolute Gasteiger partial charge is 0.368 e. The molecule has 3 N–H and O–H groups in total. The number of piperazine rings is 1. The zero-order chi connectivity index (χ0) is 20.8. The fraction of sp³-hybridized carbons (Fsp3) is 0.286. The van der Waals surface area contributed by atoms with Crippen molar-refractivity contribution in [2.75, 3.05) is 38.0 Å². The molecule has 1 unspecified atom stereocenters. The van der Waals surface area contributed by atoms with E-state index < -0.39 is 6.04 Å². The van der Waals surface area contributed by atoms with Crippen molar-refractivity contribution in [1.29, 1.82) is 5.26 Å². The first-order valence-electron chi connectivity index (χ1n) is 9.28. The molecule has 0 aromatic heterocycles. The van der Waals surface area contributed by atoms with Crippen LogP contribution >= 0.6 is 11.6 Å². The summed E-state index contributed by atoms with van der Waals surface area (Å²) in [6, 6.07) is 15.8. The lowest BCUT2D eigenvalue weighted by Crippen LogP contribution is -2.51. The number of halogens is 1. The van der Waals surface area contributed by atoms with Gasteiger partial charge in [0, 0.05) is 31.2 Å². The number of benzene rings is 2. The maximum Gasteiger partial charge on any atom is 0.239 e. The summed E-state index contributed by atoms with van der Waals surface area (Å²) in [5.41, 5.74) is 7.28. The van der Waals surface area contributed by atoms with Crippen molar-refractivity contribution in [2.24, 2.45) is 5.73 Å². The number of hydrogen-bond acceptors (Lipinski definition) is 5. The van der Waals surface area contributed by atoms with Crippen LogP contribution in [0.15, 0.2) is 48.5 Å². The first-order valence-corrected chi connectivity index (χ1v) is 9.66. The van der Waals surface area contributed by atoms with Gasteiger partial charge in [-0.25, -0.2) is 0 Å². The Labute approximate surface area is 174 Å². The summed E-state index contributed by atoms with van der Waals surface area (Å²) < 4.78 is 0. The van der Waals surface area contributed by atoms with E-state index in [1.54, 1.807) is 18.2 Å². The number of hydrogen-bond donors (Lipinski definition) is 2. The minimum atomic E-state index is -0.475. The number of primary amides is 1. The van der Waals surface area contributed by atoms with Crippen LogP contribution in [0.4, 0.5) is 5.69 Å². The number of nitrogens with one attached hydrogen (secondary N) is 1. The van der Waals surface area contributed by atoms with Gasteiger partial charge in [-0.1, -0.05) is 41.9 Å². The van der Waals surface area contributed by atoms with E-state index in [-0.39, 0.29) is 18.4 Å². The number of nitrogens with two attached hydrogens (primary N) is 1. The molecule has 2 aromatic carbocycles. The molecule has 1 saturated heterocycles. The molecule has 8 heteroatoms. The molecule has 29 heavy (non-hydrogen) atoms. The molecule has 0 saturated carbocycles. The van der Waals surface area contributed by atoms with E-state index in [0.29, 0.717) is 42.5 Å². The van der Waals surface area contributed by atoms with Crippen molar-refractivity contribution in [2.45, 2.75) is 6.04 Å².